The van der Waals surface area contributed by atoms with E-state index < -0.39 is 80.5 Å². The first-order valence-electron chi connectivity index (χ1n) is 13.0. The Hall–Kier alpha value is -1.46. The third-order valence-corrected chi connectivity index (χ3v) is 6.65. The minimum Gasteiger partial charge on any atom is -0.469 e. The van der Waals surface area contributed by atoms with E-state index in [4.69, 9.17) is 18.9 Å². The van der Waals surface area contributed by atoms with Crippen molar-refractivity contribution in [3.63, 3.8) is 0 Å². The van der Waals surface area contributed by atoms with E-state index in [1.165, 1.54) is 14.0 Å². The quantitative estimate of drug-likeness (QED) is 0.0838. The summed E-state index contributed by atoms with van der Waals surface area (Å²) < 4.78 is 27.3. The van der Waals surface area contributed by atoms with Crippen LogP contribution in [0.5, 0.6) is 0 Å². The number of carbonyl (C=O) groups excluding carboxylic acids is 2. The maximum atomic E-state index is 11.9. The Balaban J connectivity index is 1.97. The number of ether oxygens (including phenoxy) is 5. The van der Waals surface area contributed by atoms with E-state index in [1.807, 2.05) is 0 Å². The highest BCUT2D eigenvalue weighted by atomic mass is 16.7. The topological polar surface area (TPSA) is 214 Å². The van der Waals surface area contributed by atoms with Gasteiger partial charge in [0.2, 0.25) is 5.91 Å². The van der Waals surface area contributed by atoms with E-state index in [0.717, 1.165) is 32.1 Å². The molecule has 2 aliphatic rings. The Kier molecular flexibility index (Phi) is 14.3. The molecule has 10 atom stereocenters. The lowest BCUT2D eigenvalue weighted by Gasteiger charge is -2.47. The average molecular weight is 554 g/mol. The molecule has 0 aromatic heterocycles. The molecule has 0 radical (unpaired) electrons. The zero-order valence-corrected chi connectivity index (χ0v) is 21.9. The lowest BCUT2D eigenvalue weighted by Crippen LogP contribution is -2.68. The number of nitrogens with one attached hydrogen (secondary N) is 1. The van der Waals surface area contributed by atoms with Crippen molar-refractivity contribution in [2.24, 2.45) is 0 Å². The number of hydrogen-bond acceptors (Lipinski definition) is 13. The summed E-state index contributed by atoms with van der Waals surface area (Å²) in [6, 6.07) is -1.09. The molecule has 0 bridgehead atoms. The second kappa shape index (κ2) is 16.6. The summed E-state index contributed by atoms with van der Waals surface area (Å²) in [5.74, 6) is -0.712. The van der Waals surface area contributed by atoms with Crippen LogP contribution >= 0.6 is 0 Å². The molecular formula is C24H43NO13. The van der Waals surface area contributed by atoms with E-state index >= 15 is 0 Å². The number of amides is 1. The van der Waals surface area contributed by atoms with Crippen molar-refractivity contribution in [3.05, 3.63) is 0 Å². The first-order valence-corrected chi connectivity index (χ1v) is 13.0. The monoisotopic (exact) mass is 553 g/mol. The zero-order valence-electron chi connectivity index (χ0n) is 21.9. The SMILES string of the molecule is COC(=O)CCCCCCCCO[C@H]1O[C@H](CO)[C@@H](O)[C@H](O[C@@H]2O[C@H](CO)[C@H](O)[C@H](O)[C@H]2O)[C@@H]1NC(C)=O. The minimum atomic E-state index is -1.74. The molecule has 14 heteroatoms. The summed E-state index contributed by atoms with van der Waals surface area (Å²) >= 11 is 0. The standard InChI is InChI=1S/C24H43NO13/c1-13(28)25-17-22(38-24-21(33)20(32)18(30)14(11-26)37-24)19(31)15(12-27)36-23(17)35-10-8-6-4-3-5-7-9-16(29)34-2/h14-15,17-24,26-27,30-33H,3-12H2,1-2H3,(H,25,28)/t14-,15-,17+,18+,19-,20+,21-,22-,23+,24+/m1/s1. The van der Waals surface area contributed by atoms with E-state index in [-0.39, 0.29) is 12.6 Å². The number of methoxy groups -OCH3 is 1. The van der Waals surface area contributed by atoms with Gasteiger partial charge in [-0.1, -0.05) is 25.7 Å². The van der Waals surface area contributed by atoms with E-state index in [0.29, 0.717) is 12.8 Å². The number of unbranched alkanes of at least 4 members (excludes halogenated alkanes) is 5. The van der Waals surface area contributed by atoms with Gasteiger partial charge in [-0.25, -0.2) is 0 Å². The second-order valence-electron chi connectivity index (χ2n) is 9.56. The van der Waals surface area contributed by atoms with E-state index in [2.05, 4.69) is 10.1 Å². The highest BCUT2D eigenvalue weighted by molar-refractivity contribution is 5.73. The number of aliphatic hydroxyl groups excluding tert-OH is 6. The molecule has 0 aromatic carbocycles. The van der Waals surface area contributed by atoms with Gasteiger partial charge in [-0.2, -0.15) is 0 Å². The Morgan fingerprint density at radius 1 is 0.789 bits per heavy atom. The van der Waals surface area contributed by atoms with Crippen molar-refractivity contribution in [1.29, 1.82) is 0 Å². The van der Waals surface area contributed by atoms with Crippen molar-refractivity contribution in [2.45, 2.75) is 113 Å². The number of esters is 1. The lowest BCUT2D eigenvalue weighted by atomic mass is 9.95. The molecule has 7 N–H and O–H groups in total. The summed E-state index contributed by atoms with van der Waals surface area (Å²) in [4.78, 5) is 23.1. The van der Waals surface area contributed by atoms with Gasteiger partial charge < -0.3 is 59.6 Å². The van der Waals surface area contributed by atoms with Gasteiger partial charge in [-0.05, 0) is 12.8 Å². The smallest absolute Gasteiger partial charge is 0.305 e. The predicted molar refractivity (Wildman–Crippen MR) is 128 cm³/mol. The molecule has 0 aliphatic carbocycles. The number of aliphatic hydroxyl groups is 6. The summed E-state index contributed by atoms with van der Waals surface area (Å²) in [6.07, 6.45) is -7.53. The van der Waals surface area contributed by atoms with Gasteiger partial charge >= 0.3 is 5.97 Å². The molecule has 0 saturated carbocycles. The molecule has 2 heterocycles. The summed E-state index contributed by atoms with van der Waals surface area (Å²) in [5, 5.41) is 63.1. The molecule has 222 valence electrons. The Morgan fingerprint density at radius 3 is 1.97 bits per heavy atom. The molecule has 2 rings (SSSR count). The van der Waals surface area contributed by atoms with Crippen LogP contribution in [0.3, 0.4) is 0 Å². The first-order chi connectivity index (χ1) is 18.1. The van der Waals surface area contributed by atoms with Gasteiger partial charge in [0.05, 0.1) is 20.3 Å². The third-order valence-electron chi connectivity index (χ3n) is 6.65. The Bertz CT molecular complexity index is 711. The molecule has 14 nitrogen and oxygen atoms in total. The fourth-order valence-electron chi connectivity index (χ4n) is 4.48. The molecule has 2 fully saturated rings. The number of carbonyl (C=O) groups is 2. The van der Waals surface area contributed by atoms with Gasteiger partial charge in [0.15, 0.2) is 12.6 Å². The first kappa shape index (κ1) is 32.8. The molecule has 0 unspecified atom stereocenters. The van der Waals surface area contributed by atoms with Crippen LogP contribution in [0, 0.1) is 0 Å². The predicted octanol–water partition coefficient (Wildman–Crippen LogP) is -2.33. The van der Waals surface area contributed by atoms with Gasteiger partial charge in [0.25, 0.3) is 0 Å². The minimum absolute atomic E-state index is 0.222. The fraction of sp³-hybridized carbons (Fsp3) is 0.917. The molecular weight excluding hydrogens is 510 g/mol. The molecule has 2 saturated heterocycles. The summed E-state index contributed by atoms with van der Waals surface area (Å²) in [5.41, 5.74) is 0. The summed E-state index contributed by atoms with van der Waals surface area (Å²) in [7, 11) is 1.36. The third kappa shape index (κ3) is 9.33. The molecule has 2 aliphatic heterocycles. The average Bonchev–Trinajstić information content (AvgIpc) is 2.90. The second-order valence-corrected chi connectivity index (χ2v) is 9.56. The largest absolute Gasteiger partial charge is 0.469 e. The Labute approximate surface area is 221 Å². The Morgan fingerprint density at radius 2 is 1.37 bits per heavy atom. The zero-order chi connectivity index (χ0) is 28.2. The maximum Gasteiger partial charge on any atom is 0.305 e. The van der Waals surface area contributed by atoms with Crippen molar-refractivity contribution in [2.75, 3.05) is 26.9 Å². The van der Waals surface area contributed by atoms with E-state index in [1.54, 1.807) is 0 Å². The number of hydrogen-bond donors (Lipinski definition) is 7. The lowest BCUT2D eigenvalue weighted by molar-refractivity contribution is -0.344. The highest BCUT2D eigenvalue weighted by Crippen LogP contribution is 2.30. The van der Waals surface area contributed by atoms with Crippen LogP contribution < -0.4 is 5.32 Å². The normalized spacial score (nSPS) is 35.6. The van der Waals surface area contributed by atoms with Crippen molar-refractivity contribution in [3.8, 4) is 0 Å². The van der Waals surface area contributed by atoms with Crippen LogP contribution in [0.25, 0.3) is 0 Å². The number of rotatable bonds is 15. The van der Waals surface area contributed by atoms with Crippen LogP contribution in [-0.2, 0) is 33.3 Å². The molecule has 1 amide bonds. The van der Waals surface area contributed by atoms with Crippen LogP contribution in [0.2, 0.25) is 0 Å². The maximum absolute atomic E-state index is 11.9. The van der Waals surface area contributed by atoms with Gasteiger partial charge in [-0.3, -0.25) is 9.59 Å². The van der Waals surface area contributed by atoms with Gasteiger partial charge in [0.1, 0.15) is 48.8 Å². The van der Waals surface area contributed by atoms with Crippen molar-refractivity contribution >= 4 is 11.9 Å². The van der Waals surface area contributed by atoms with Crippen molar-refractivity contribution in [1.82, 2.24) is 5.32 Å². The van der Waals surface area contributed by atoms with Crippen LogP contribution in [0.15, 0.2) is 0 Å². The highest BCUT2D eigenvalue weighted by Gasteiger charge is 2.51. The summed E-state index contributed by atoms with van der Waals surface area (Å²) in [6.45, 7) is 0.205. The van der Waals surface area contributed by atoms with Crippen molar-refractivity contribution < 1.29 is 63.9 Å². The van der Waals surface area contributed by atoms with Crippen LogP contribution in [-0.4, -0.2) is 131 Å². The van der Waals surface area contributed by atoms with E-state index in [9.17, 15) is 40.2 Å². The molecule has 0 spiro atoms. The van der Waals surface area contributed by atoms with Crippen LogP contribution in [0.4, 0.5) is 0 Å². The molecule has 38 heavy (non-hydrogen) atoms. The van der Waals surface area contributed by atoms with Crippen LogP contribution in [0.1, 0.15) is 51.9 Å². The van der Waals surface area contributed by atoms with Gasteiger partial charge in [-0.15, -0.1) is 0 Å². The fourth-order valence-corrected chi connectivity index (χ4v) is 4.48. The van der Waals surface area contributed by atoms with Gasteiger partial charge in [0, 0.05) is 20.0 Å². The molecule has 0 aromatic rings.